The summed E-state index contributed by atoms with van der Waals surface area (Å²) < 4.78 is 39.7. The lowest BCUT2D eigenvalue weighted by atomic mass is 10.2. The van der Waals surface area contributed by atoms with Crippen LogP contribution in [-0.2, 0) is 10.0 Å². The lowest BCUT2D eigenvalue weighted by Gasteiger charge is -2.11. The minimum Gasteiger partial charge on any atom is -0.314 e. The number of halogens is 1. The molecule has 1 saturated heterocycles. The maximum atomic E-state index is 13.2. The van der Waals surface area contributed by atoms with Crippen molar-refractivity contribution < 1.29 is 12.8 Å². The molecule has 7 heteroatoms. The fraction of sp³-hybridized carbons (Fsp3) is 0.462. The molecule has 1 aromatic rings. The highest BCUT2D eigenvalue weighted by atomic mass is 32.2. The lowest BCUT2D eigenvalue weighted by molar-refractivity contribution is 0.539. The van der Waals surface area contributed by atoms with Crippen LogP contribution in [0.1, 0.15) is 24.8 Å². The maximum Gasteiger partial charge on any atom is 0.240 e. The number of rotatable bonds is 5. The van der Waals surface area contributed by atoms with Gasteiger partial charge in [0.05, 0.1) is 10.5 Å². The molecule has 0 unspecified atom stereocenters. The predicted octanol–water partition coefficient (Wildman–Crippen LogP) is 1.12. The van der Waals surface area contributed by atoms with Gasteiger partial charge in [0.25, 0.3) is 0 Å². The fourth-order valence-corrected chi connectivity index (χ4v) is 3.28. The van der Waals surface area contributed by atoms with Gasteiger partial charge in [0.2, 0.25) is 10.0 Å². The van der Waals surface area contributed by atoms with E-state index in [-0.39, 0.29) is 10.5 Å². The second-order valence-corrected chi connectivity index (χ2v) is 6.50. The monoisotopic (exact) mass is 297 g/mol. The fourth-order valence-electron chi connectivity index (χ4n) is 2.21. The van der Waals surface area contributed by atoms with Crippen molar-refractivity contribution in [3.8, 4) is 6.07 Å². The summed E-state index contributed by atoms with van der Waals surface area (Å²) in [6.45, 7) is 1.29. The molecule has 0 radical (unpaired) electrons. The molecule has 5 nitrogen and oxygen atoms in total. The van der Waals surface area contributed by atoms with E-state index in [9.17, 15) is 12.8 Å². The first kappa shape index (κ1) is 14.9. The highest BCUT2D eigenvalue weighted by molar-refractivity contribution is 7.89. The van der Waals surface area contributed by atoms with Gasteiger partial charge in [-0.05, 0) is 44.0 Å². The Bertz CT molecular complexity index is 619. The first-order valence-electron chi connectivity index (χ1n) is 6.45. The number of hydrogen-bond acceptors (Lipinski definition) is 4. The number of benzene rings is 1. The van der Waals surface area contributed by atoms with E-state index in [1.165, 1.54) is 0 Å². The molecule has 1 fully saturated rings. The molecule has 0 amide bonds. The van der Waals surface area contributed by atoms with Gasteiger partial charge in [-0.2, -0.15) is 5.26 Å². The van der Waals surface area contributed by atoms with E-state index in [1.807, 2.05) is 0 Å². The highest BCUT2D eigenvalue weighted by Gasteiger charge is 2.18. The second-order valence-electron chi connectivity index (χ2n) is 4.73. The lowest BCUT2D eigenvalue weighted by Crippen LogP contribution is -2.30. The molecule has 20 heavy (non-hydrogen) atoms. The van der Waals surface area contributed by atoms with E-state index in [1.54, 1.807) is 6.07 Å². The summed E-state index contributed by atoms with van der Waals surface area (Å²) in [6.07, 6.45) is 2.88. The normalized spacial score (nSPS) is 18.9. The van der Waals surface area contributed by atoms with Crippen LogP contribution in [0.2, 0.25) is 0 Å². The summed E-state index contributed by atoms with van der Waals surface area (Å²) in [5.41, 5.74) is -0.273. The minimum atomic E-state index is -3.70. The summed E-state index contributed by atoms with van der Waals surface area (Å²) in [4.78, 5) is -0.0881. The Hall–Kier alpha value is -1.49. The molecule has 0 saturated carbocycles. The first-order chi connectivity index (χ1) is 9.53. The van der Waals surface area contributed by atoms with Gasteiger partial charge < -0.3 is 5.32 Å². The quantitative estimate of drug-likeness (QED) is 0.853. The summed E-state index contributed by atoms with van der Waals surface area (Å²) in [6, 6.07) is 5.18. The molecule has 1 aromatic carbocycles. The Morgan fingerprint density at radius 1 is 1.50 bits per heavy atom. The van der Waals surface area contributed by atoms with Crippen molar-refractivity contribution in [1.82, 2.24) is 10.0 Å². The minimum absolute atomic E-state index is 0.0881. The summed E-state index contributed by atoms with van der Waals surface area (Å²) in [7, 11) is -3.70. The smallest absolute Gasteiger partial charge is 0.240 e. The molecule has 1 atom stereocenters. The van der Waals surface area contributed by atoms with Crippen LogP contribution in [0.3, 0.4) is 0 Å². The van der Waals surface area contributed by atoms with Crippen molar-refractivity contribution in [1.29, 1.82) is 5.26 Å². The van der Waals surface area contributed by atoms with Crippen LogP contribution >= 0.6 is 0 Å². The van der Waals surface area contributed by atoms with Crippen LogP contribution in [-0.4, -0.2) is 27.5 Å². The largest absolute Gasteiger partial charge is 0.314 e. The zero-order valence-corrected chi connectivity index (χ0v) is 11.7. The molecule has 1 aliphatic rings. The number of hydrogen-bond donors (Lipinski definition) is 2. The van der Waals surface area contributed by atoms with Gasteiger partial charge in [-0.1, -0.05) is 0 Å². The van der Waals surface area contributed by atoms with Gasteiger partial charge in [0, 0.05) is 12.6 Å². The first-order valence-corrected chi connectivity index (χ1v) is 7.94. The molecule has 0 bridgehead atoms. The maximum absolute atomic E-state index is 13.2. The molecule has 0 aromatic heterocycles. The van der Waals surface area contributed by atoms with Gasteiger partial charge in [0.1, 0.15) is 11.9 Å². The van der Waals surface area contributed by atoms with E-state index in [0.29, 0.717) is 19.0 Å². The molecular formula is C13H16FN3O2S. The van der Waals surface area contributed by atoms with Gasteiger partial charge in [0.15, 0.2) is 0 Å². The zero-order chi connectivity index (χ0) is 14.6. The Morgan fingerprint density at radius 3 is 2.95 bits per heavy atom. The molecule has 1 heterocycles. The average molecular weight is 297 g/mol. The van der Waals surface area contributed by atoms with Crippen molar-refractivity contribution in [3.05, 3.63) is 29.6 Å². The van der Waals surface area contributed by atoms with Crippen molar-refractivity contribution in [3.63, 3.8) is 0 Å². The number of sulfonamides is 1. The van der Waals surface area contributed by atoms with Gasteiger partial charge >= 0.3 is 0 Å². The van der Waals surface area contributed by atoms with E-state index >= 15 is 0 Å². The SMILES string of the molecule is N#Cc1cc(S(=O)(=O)NCC[C@H]2CCCN2)ccc1F. The number of nitrogens with one attached hydrogen (secondary N) is 2. The molecule has 108 valence electrons. The van der Waals surface area contributed by atoms with Crippen LogP contribution < -0.4 is 10.0 Å². The summed E-state index contributed by atoms with van der Waals surface area (Å²) in [5, 5.41) is 12.0. The van der Waals surface area contributed by atoms with Gasteiger partial charge in [-0.3, -0.25) is 0 Å². The van der Waals surface area contributed by atoms with Crippen LogP contribution in [0, 0.1) is 17.1 Å². The van der Waals surface area contributed by atoms with E-state index in [0.717, 1.165) is 37.6 Å². The Kier molecular flexibility index (Phi) is 4.70. The Labute approximate surface area is 117 Å². The van der Waals surface area contributed by atoms with Crippen LogP contribution in [0.5, 0.6) is 0 Å². The topological polar surface area (TPSA) is 82.0 Å². The predicted molar refractivity (Wildman–Crippen MR) is 71.9 cm³/mol. The van der Waals surface area contributed by atoms with Gasteiger partial charge in [-0.25, -0.2) is 17.5 Å². The average Bonchev–Trinajstić information content (AvgIpc) is 2.92. The second kappa shape index (κ2) is 6.31. The molecule has 2 rings (SSSR count). The van der Waals surface area contributed by atoms with Crippen LogP contribution in [0.15, 0.2) is 23.1 Å². The van der Waals surface area contributed by atoms with Crippen LogP contribution in [0.4, 0.5) is 4.39 Å². The zero-order valence-electron chi connectivity index (χ0n) is 10.9. The molecule has 0 spiro atoms. The highest BCUT2D eigenvalue weighted by Crippen LogP contribution is 2.15. The molecular weight excluding hydrogens is 281 g/mol. The third kappa shape index (κ3) is 3.54. The number of nitriles is 1. The Balaban J connectivity index is 2.00. The van der Waals surface area contributed by atoms with Crippen molar-refractivity contribution >= 4 is 10.0 Å². The third-order valence-electron chi connectivity index (χ3n) is 3.32. The summed E-state index contributed by atoms with van der Waals surface area (Å²) >= 11 is 0. The van der Waals surface area contributed by atoms with Crippen molar-refractivity contribution in [2.75, 3.05) is 13.1 Å². The van der Waals surface area contributed by atoms with Crippen molar-refractivity contribution in [2.45, 2.75) is 30.2 Å². The van der Waals surface area contributed by atoms with E-state index in [2.05, 4.69) is 10.0 Å². The third-order valence-corrected chi connectivity index (χ3v) is 4.77. The van der Waals surface area contributed by atoms with Gasteiger partial charge in [-0.15, -0.1) is 0 Å². The molecule has 1 aliphatic heterocycles. The summed E-state index contributed by atoms with van der Waals surface area (Å²) in [5.74, 6) is -0.721. The van der Waals surface area contributed by atoms with E-state index < -0.39 is 15.8 Å². The van der Waals surface area contributed by atoms with E-state index in [4.69, 9.17) is 5.26 Å². The molecule has 0 aliphatic carbocycles. The molecule has 2 N–H and O–H groups in total. The Morgan fingerprint density at radius 2 is 2.30 bits per heavy atom. The standard InChI is InChI=1S/C13H16FN3O2S/c14-13-4-3-12(8-10(13)9-15)20(18,19)17-7-5-11-2-1-6-16-11/h3-4,8,11,16-17H,1-2,5-7H2/t11-/m1/s1. The number of nitrogens with zero attached hydrogens (tertiary/aromatic N) is 1. The van der Waals surface area contributed by atoms with Crippen LogP contribution in [0.25, 0.3) is 0 Å². The van der Waals surface area contributed by atoms with Crippen molar-refractivity contribution in [2.24, 2.45) is 0 Å².